The lowest BCUT2D eigenvalue weighted by molar-refractivity contribution is 0.102. The minimum Gasteiger partial charge on any atom is -0.384 e. The summed E-state index contributed by atoms with van der Waals surface area (Å²) in [5.74, 6) is 0.314. The van der Waals surface area contributed by atoms with Crippen LogP contribution in [0.5, 0.6) is 0 Å². The average molecular weight is 270 g/mol. The van der Waals surface area contributed by atoms with Gasteiger partial charge >= 0.3 is 0 Å². The molecule has 0 bridgehead atoms. The predicted octanol–water partition coefficient (Wildman–Crippen LogP) is 2.86. The molecule has 0 aliphatic rings. The van der Waals surface area contributed by atoms with Crippen LogP contribution < -0.4 is 10.6 Å². The van der Waals surface area contributed by atoms with Crippen molar-refractivity contribution in [2.75, 3.05) is 17.2 Å². The number of nitrogens with one attached hydrogen (secondary N) is 2. The zero-order valence-electron chi connectivity index (χ0n) is 11.7. The van der Waals surface area contributed by atoms with E-state index in [1.165, 1.54) is 0 Å². The van der Waals surface area contributed by atoms with Crippen LogP contribution in [-0.4, -0.2) is 22.4 Å². The van der Waals surface area contributed by atoms with E-state index in [0.29, 0.717) is 11.4 Å². The first-order chi connectivity index (χ1) is 9.70. The molecule has 0 unspecified atom stereocenters. The Morgan fingerprint density at radius 3 is 2.85 bits per heavy atom. The third-order valence-electron chi connectivity index (χ3n) is 2.76. The normalized spacial score (nSPS) is 10.1. The average Bonchev–Trinajstić information content (AvgIpc) is 2.46. The quantitative estimate of drug-likeness (QED) is 0.876. The Balaban J connectivity index is 2.20. The molecule has 5 nitrogen and oxygen atoms in total. The van der Waals surface area contributed by atoms with Crippen molar-refractivity contribution >= 4 is 17.4 Å². The highest BCUT2D eigenvalue weighted by atomic mass is 16.1. The van der Waals surface area contributed by atoms with Crippen LogP contribution in [0, 0.1) is 6.92 Å². The number of nitrogens with zero attached hydrogens (tertiary/aromatic N) is 2. The predicted molar refractivity (Wildman–Crippen MR) is 79.9 cm³/mol. The van der Waals surface area contributed by atoms with Gasteiger partial charge in [0.05, 0.1) is 11.3 Å². The summed E-state index contributed by atoms with van der Waals surface area (Å²) in [4.78, 5) is 20.5. The number of anilines is 2. The topological polar surface area (TPSA) is 66.9 Å². The highest BCUT2D eigenvalue weighted by molar-refractivity contribution is 6.07. The fourth-order valence-corrected chi connectivity index (χ4v) is 1.77. The second-order valence-electron chi connectivity index (χ2n) is 4.47. The highest BCUT2D eigenvalue weighted by Crippen LogP contribution is 2.17. The van der Waals surface area contributed by atoms with E-state index in [4.69, 9.17) is 0 Å². The minimum atomic E-state index is -0.213. The number of aryl methyl sites for hydroxylation is 1. The maximum Gasteiger partial charge on any atom is 0.260 e. The van der Waals surface area contributed by atoms with Crippen molar-refractivity contribution in [2.45, 2.75) is 20.3 Å². The van der Waals surface area contributed by atoms with Crippen LogP contribution in [0.2, 0.25) is 0 Å². The Labute approximate surface area is 118 Å². The zero-order valence-corrected chi connectivity index (χ0v) is 11.7. The van der Waals surface area contributed by atoms with Gasteiger partial charge in [0.1, 0.15) is 5.82 Å². The first-order valence-electron chi connectivity index (χ1n) is 6.63. The maximum atomic E-state index is 12.3. The largest absolute Gasteiger partial charge is 0.384 e. The first-order valence-corrected chi connectivity index (χ1v) is 6.63. The van der Waals surface area contributed by atoms with Gasteiger partial charge in [-0.15, -0.1) is 0 Å². The molecule has 0 radical (unpaired) electrons. The Morgan fingerprint density at radius 2 is 2.15 bits per heavy atom. The molecule has 0 saturated heterocycles. The standard InChI is InChI=1S/C15H18N4O/c1-3-7-16-13-9-11(2)18-10-12(13)15(20)19-14-6-4-5-8-17-14/h4-6,8-10H,3,7H2,1-2H3,(H,16,18)(H,17,19,20). The zero-order chi connectivity index (χ0) is 14.4. The number of hydrogen-bond donors (Lipinski definition) is 2. The van der Waals surface area contributed by atoms with Crippen molar-refractivity contribution in [1.82, 2.24) is 9.97 Å². The monoisotopic (exact) mass is 270 g/mol. The molecule has 2 aromatic heterocycles. The molecule has 0 spiro atoms. The minimum absolute atomic E-state index is 0.213. The summed E-state index contributed by atoms with van der Waals surface area (Å²) in [5, 5.41) is 6.01. The smallest absolute Gasteiger partial charge is 0.260 e. The van der Waals surface area contributed by atoms with E-state index in [-0.39, 0.29) is 5.91 Å². The van der Waals surface area contributed by atoms with Crippen LogP contribution in [0.3, 0.4) is 0 Å². The van der Waals surface area contributed by atoms with Crippen molar-refractivity contribution in [2.24, 2.45) is 0 Å². The molecule has 1 amide bonds. The first kappa shape index (κ1) is 14.0. The summed E-state index contributed by atoms with van der Waals surface area (Å²) in [6.45, 7) is 4.79. The summed E-state index contributed by atoms with van der Waals surface area (Å²) < 4.78 is 0. The van der Waals surface area contributed by atoms with Gasteiger partial charge in [0.25, 0.3) is 5.91 Å². The fraction of sp³-hybridized carbons (Fsp3) is 0.267. The fourth-order valence-electron chi connectivity index (χ4n) is 1.77. The molecule has 2 N–H and O–H groups in total. The molecule has 2 rings (SSSR count). The molecule has 0 saturated carbocycles. The maximum absolute atomic E-state index is 12.3. The van der Waals surface area contributed by atoms with Crippen LogP contribution in [-0.2, 0) is 0 Å². The molecule has 0 aliphatic heterocycles. The summed E-state index contributed by atoms with van der Waals surface area (Å²) >= 11 is 0. The Kier molecular flexibility index (Phi) is 4.65. The van der Waals surface area contributed by atoms with Crippen LogP contribution in [0.4, 0.5) is 11.5 Å². The molecule has 0 atom stereocenters. The third kappa shape index (κ3) is 3.54. The van der Waals surface area contributed by atoms with Crippen LogP contribution in [0.25, 0.3) is 0 Å². The summed E-state index contributed by atoms with van der Waals surface area (Å²) in [6, 6.07) is 7.26. The highest BCUT2D eigenvalue weighted by Gasteiger charge is 2.12. The van der Waals surface area contributed by atoms with Gasteiger partial charge in [0, 0.05) is 24.6 Å². The van der Waals surface area contributed by atoms with Gasteiger partial charge in [-0.05, 0) is 31.5 Å². The molecule has 2 heterocycles. The van der Waals surface area contributed by atoms with Crippen molar-refractivity contribution in [3.8, 4) is 0 Å². The van der Waals surface area contributed by atoms with Crippen molar-refractivity contribution < 1.29 is 4.79 Å². The van der Waals surface area contributed by atoms with Gasteiger partial charge in [-0.2, -0.15) is 0 Å². The van der Waals surface area contributed by atoms with Gasteiger partial charge in [0.15, 0.2) is 0 Å². The summed E-state index contributed by atoms with van der Waals surface area (Å²) in [6.07, 6.45) is 4.22. The van der Waals surface area contributed by atoms with Crippen LogP contribution in [0.15, 0.2) is 36.7 Å². The molecule has 0 aromatic carbocycles. The van der Waals surface area contributed by atoms with E-state index in [1.807, 2.05) is 19.1 Å². The van der Waals surface area contributed by atoms with Crippen molar-refractivity contribution in [1.29, 1.82) is 0 Å². The van der Waals surface area contributed by atoms with Crippen LogP contribution in [0.1, 0.15) is 29.4 Å². The van der Waals surface area contributed by atoms with E-state index in [0.717, 1.165) is 24.3 Å². The Morgan fingerprint density at radius 1 is 1.30 bits per heavy atom. The lowest BCUT2D eigenvalue weighted by Gasteiger charge is -2.11. The molecule has 20 heavy (non-hydrogen) atoms. The van der Waals surface area contributed by atoms with Gasteiger partial charge in [-0.25, -0.2) is 4.98 Å². The molecule has 0 fully saturated rings. The molecule has 0 aliphatic carbocycles. The molecular weight excluding hydrogens is 252 g/mol. The van der Waals surface area contributed by atoms with Gasteiger partial charge < -0.3 is 10.6 Å². The van der Waals surface area contributed by atoms with E-state index in [1.54, 1.807) is 24.5 Å². The number of carbonyl (C=O) groups excluding carboxylic acids is 1. The SMILES string of the molecule is CCCNc1cc(C)ncc1C(=O)Nc1ccccn1. The lowest BCUT2D eigenvalue weighted by atomic mass is 10.2. The van der Waals surface area contributed by atoms with Crippen molar-refractivity contribution in [3.63, 3.8) is 0 Å². The number of amides is 1. The summed E-state index contributed by atoms with van der Waals surface area (Å²) in [7, 11) is 0. The van der Waals surface area contributed by atoms with E-state index < -0.39 is 0 Å². The second-order valence-corrected chi connectivity index (χ2v) is 4.47. The number of aromatic nitrogens is 2. The second kappa shape index (κ2) is 6.65. The lowest BCUT2D eigenvalue weighted by Crippen LogP contribution is -2.16. The number of rotatable bonds is 5. The van der Waals surface area contributed by atoms with Gasteiger partial charge in [0.2, 0.25) is 0 Å². The number of pyridine rings is 2. The molecule has 5 heteroatoms. The van der Waals surface area contributed by atoms with E-state index in [2.05, 4.69) is 27.5 Å². The third-order valence-corrected chi connectivity index (χ3v) is 2.76. The molecule has 2 aromatic rings. The Hall–Kier alpha value is -2.43. The number of hydrogen-bond acceptors (Lipinski definition) is 4. The van der Waals surface area contributed by atoms with Gasteiger partial charge in [-0.3, -0.25) is 9.78 Å². The van der Waals surface area contributed by atoms with Crippen molar-refractivity contribution in [3.05, 3.63) is 47.9 Å². The molecule has 104 valence electrons. The molecular formula is C15H18N4O. The summed E-state index contributed by atoms with van der Waals surface area (Å²) in [5.41, 5.74) is 2.19. The van der Waals surface area contributed by atoms with E-state index >= 15 is 0 Å². The Bertz CT molecular complexity index is 584. The van der Waals surface area contributed by atoms with E-state index in [9.17, 15) is 4.79 Å². The number of carbonyl (C=O) groups is 1. The van der Waals surface area contributed by atoms with Gasteiger partial charge in [-0.1, -0.05) is 13.0 Å². The van der Waals surface area contributed by atoms with Crippen LogP contribution >= 0.6 is 0 Å².